The zero-order valence-electron chi connectivity index (χ0n) is 28.0. The Hall–Kier alpha value is -5.80. The van der Waals surface area contributed by atoms with Gasteiger partial charge >= 0.3 is 0 Å². The molecule has 2 aliphatic rings. The summed E-state index contributed by atoms with van der Waals surface area (Å²) in [7, 11) is 0. The van der Waals surface area contributed by atoms with Crippen LogP contribution >= 0.6 is 0 Å². The Balaban J connectivity index is 1.09. The largest absolute Gasteiger partial charge is 0.438 e. The van der Waals surface area contributed by atoms with E-state index in [4.69, 9.17) is 14.4 Å². The number of hydrogen-bond acceptors (Lipinski definition) is 3. The second kappa shape index (κ2) is 9.87. The minimum Gasteiger partial charge on any atom is -0.438 e. The molecule has 0 N–H and O–H groups in total. The van der Waals surface area contributed by atoms with Gasteiger partial charge in [-0.1, -0.05) is 131 Å². The highest BCUT2D eigenvalue weighted by molar-refractivity contribution is 6.10. The molecule has 0 fully saturated rings. The van der Waals surface area contributed by atoms with Gasteiger partial charge in [-0.2, -0.15) is 4.98 Å². The van der Waals surface area contributed by atoms with Gasteiger partial charge in [0, 0.05) is 27.3 Å². The Bertz CT molecular complexity index is 2660. The molecule has 0 radical (unpaired) electrons. The van der Waals surface area contributed by atoms with Crippen LogP contribution in [0.25, 0.3) is 78.1 Å². The fraction of sp³-hybridized carbons (Fsp3) is 0.130. The summed E-state index contributed by atoms with van der Waals surface area (Å²) in [5, 5.41) is 1.97. The van der Waals surface area contributed by atoms with Gasteiger partial charge in [0.15, 0.2) is 5.82 Å². The van der Waals surface area contributed by atoms with Crippen molar-refractivity contribution in [2.45, 2.75) is 38.5 Å². The summed E-state index contributed by atoms with van der Waals surface area (Å²) < 4.78 is 6.31. The summed E-state index contributed by atoms with van der Waals surface area (Å²) in [4.78, 5) is 10.2. The second-order valence-corrected chi connectivity index (χ2v) is 14.6. The van der Waals surface area contributed by atoms with E-state index in [0.717, 1.165) is 38.7 Å². The normalized spacial score (nSPS) is 14.9. The maximum Gasteiger partial charge on any atom is 0.231 e. The minimum atomic E-state index is -0.130. The average Bonchev–Trinajstić information content (AvgIpc) is 3.70. The van der Waals surface area contributed by atoms with Crippen molar-refractivity contribution in [2.24, 2.45) is 0 Å². The van der Waals surface area contributed by atoms with Gasteiger partial charge in [-0.05, 0) is 86.0 Å². The van der Waals surface area contributed by atoms with Crippen LogP contribution in [0.5, 0.6) is 0 Å². The van der Waals surface area contributed by atoms with Crippen molar-refractivity contribution < 1.29 is 4.42 Å². The molecule has 0 bridgehead atoms. The van der Waals surface area contributed by atoms with Gasteiger partial charge in [-0.25, -0.2) is 4.98 Å². The van der Waals surface area contributed by atoms with Crippen molar-refractivity contribution in [2.75, 3.05) is 0 Å². The molecular formula is C46H34N2O. The van der Waals surface area contributed by atoms with Crippen LogP contribution in [0.1, 0.15) is 49.9 Å². The first-order chi connectivity index (χ1) is 23.8. The molecule has 3 nitrogen and oxygen atoms in total. The molecule has 49 heavy (non-hydrogen) atoms. The van der Waals surface area contributed by atoms with Gasteiger partial charge in [0.1, 0.15) is 5.58 Å². The quantitative estimate of drug-likeness (QED) is 0.195. The Labute approximate surface area is 285 Å². The monoisotopic (exact) mass is 630 g/mol. The van der Waals surface area contributed by atoms with E-state index in [1.54, 1.807) is 0 Å². The van der Waals surface area contributed by atoms with Gasteiger partial charge in [0.25, 0.3) is 0 Å². The lowest BCUT2D eigenvalue weighted by Crippen LogP contribution is -2.17. The lowest BCUT2D eigenvalue weighted by atomic mass is 9.79. The number of furan rings is 1. The van der Waals surface area contributed by atoms with E-state index in [0.29, 0.717) is 11.5 Å². The zero-order valence-corrected chi connectivity index (χ0v) is 28.0. The molecule has 2 heterocycles. The van der Waals surface area contributed by atoms with Gasteiger partial charge in [0.05, 0.1) is 11.1 Å². The van der Waals surface area contributed by atoms with E-state index in [1.165, 1.54) is 50.1 Å². The van der Waals surface area contributed by atoms with Gasteiger partial charge < -0.3 is 4.42 Å². The molecule has 0 aliphatic heterocycles. The lowest BCUT2D eigenvalue weighted by Gasteiger charge is -2.24. The van der Waals surface area contributed by atoms with Crippen LogP contribution in [0.15, 0.2) is 138 Å². The number of nitrogens with zero attached hydrogens (tertiary/aromatic N) is 2. The summed E-state index contributed by atoms with van der Waals surface area (Å²) in [6.07, 6.45) is 0. The molecule has 0 atom stereocenters. The van der Waals surface area contributed by atoms with Crippen LogP contribution in [0.2, 0.25) is 0 Å². The van der Waals surface area contributed by atoms with Crippen molar-refractivity contribution >= 4 is 22.1 Å². The Morgan fingerprint density at radius 2 is 1.06 bits per heavy atom. The average molecular weight is 631 g/mol. The third-order valence-electron chi connectivity index (χ3n) is 11.1. The van der Waals surface area contributed by atoms with Crippen molar-refractivity contribution in [1.29, 1.82) is 0 Å². The molecule has 6 aromatic carbocycles. The Kier molecular flexibility index (Phi) is 5.69. The zero-order chi connectivity index (χ0) is 33.1. The predicted molar refractivity (Wildman–Crippen MR) is 201 cm³/mol. The summed E-state index contributed by atoms with van der Waals surface area (Å²) in [6, 6.07) is 47.9. The molecule has 0 saturated heterocycles. The molecule has 0 saturated carbocycles. The summed E-state index contributed by atoms with van der Waals surface area (Å²) in [5.41, 5.74) is 17.5. The topological polar surface area (TPSA) is 38.9 Å². The molecule has 2 aromatic heterocycles. The maximum atomic E-state index is 6.31. The molecule has 2 aliphatic carbocycles. The first kappa shape index (κ1) is 28.2. The number of benzene rings is 6. The van der Waals surface area contributed by atoms with Gasteiger partial charge in [-0.3, -0.25) is 0 Å². The molecule has 3 heteroatoms. The third-order valence-corrected chi connectivity index (χ3v) is 11.1. The fourth-order valence-corrected chi connectivity index (χ4v) is 8.50. The molecule has 234 valence electrons. The highest BCUT2D eigenvalue weighted by atomic mass is 16.3. The molecular weight excluding hydrogens is 597 g/mol. The fourth-order valence-electron chi connectivity index (χ4n) is 8.50. The van der Waals surface area contributed by atoms with Gasteiger partial charge in [-0.15, -0.1) is 0 Å². The minimum absolute atomic E-state index is 0.0257. The second-order valence-electron chi connectivity index (χ2n) is 14.6. The van der Waals surface area contributed by atoms with E-state index in [1.807, 2.05) is 36.4 Å². The third kappa shape index (κ3) is 3.96. The number of fused-ring (bicyclic) bond motifs is 9. The number of para-hydroxylation sites is 1. The predicted octanol–water partition coefficient (Wildman–Crippen LogP) is 12.0. The van der Waals surface area contributed by atoms with Crippen LogP contribution in [0, 0.1) is 0 Å². The van der Waals surface area contributed by atoms with E-state index in [-0.39, 0.29) is 10.8 Å². The van der Waals surface area contributed by atoms with Crippen LogP contribution < -0.4 is 0 Å². The molecule has 10 rings (SSSR count). The first-order valence-electron chi connectivity index (χ1n) is 17.1. The molecule has 8 aromatic rings. The highest BCUT2D eigenvalue weighted by Crippen LogP contribution is 2.56. The molecule has 0 amide bonds. The number of rotatable bonds is 3. The smallest absolute Gasteiger partial charge is 0.231 e. The summed E-state index contributed by atoms with van der Waals surface area (Å²) >= 11 is 0. The van der Waals surface area contributed by atoms with Gasteiger partial charge in [0.2, 0.25) is 5.71 Å². The SMILES string of the molecule is CC1(C)c2ccccc2-c2cc3c(cc21)-c1ccc(-c2cccc(-c4nc(-c5ccccc5)c5c(n4)oc4ccccc45)c2)cc1C3(C)C. The van der Waals surface area contributed by atoms with Crippen LogP contribution in [-0.4, -0.2) is 9.97 Å². The van der Waals surface area contributed by atoms with Crippen molar-refractivity contribution in [3.8, 4) is 56.0 Å². The van der Waals surface area contributed by atoms with Crippen LogP contribution in [0.4, 0.5) is 0 Å². The van der Waals surface area contributed by atoms with E-state index in [2.05, 4.69) is 125 Å². The maximum absolute atomic E-state index is 6.31. The Morgan fingerprint density at radius 1 is 0.449 bits per heavy atom. The van der Waals surface area contributed by atoms with E-state index >= 15 is 0 Å². The Morgan fingerprint density at radius 3 is 1.88 bits per heavy atom. The lowest BCUT2D eigenvalue weighted by molar-refractivity contribution is 0.652. The first-order valence-corrected chi connectivity index (χ1v) is 17.1. The van der Waals surface area contributed by atoms with Crippen molar-refractivity contribution in [3.05, 3.63) is 156 Å². The number of hydrogen-bond donors (Lipinski definition) is 0. The molecule has 0 unspecified atom stereocenters. The standard InChI is InChI=1S/C46H34N2O/c1-45(2)36-19-10-8-17-31(36)34-25-39-35(26-38(34)45)32-22-21-29(24-37(32)46(39,3)4)28-15-12-16-30(23-28)43-47-42(27-13-6-5-7-14-27)41-33-18-9-11-20-40(33)49-44(41)48-43/h5-26H,1-4H3. The van der Waals surface area contributed by atoms with Crippen molar-refractivity contribution in [1.82, 2.24) is 9.97 Å². The van der Waals surface area contributed by atoms with Crippen molar-refractivity contribution in [3.63, 3.8) is 0 Å². The highest BCUT2D eigenvalue weighted by Gasteiger charge is 2.41. The van der Waals surface area contributed by atoms with E-state index < -0.39 is 0 Å². The van der Waals surface area contributed by atoms with E-state index in [9.17, 15) is 0 Å². The molecule has 0 spiro atoms. The summed E-state index contributed by atoms with van der Waals surface area (Å²) in [6.45, 7) is 9.47. The van der Waals surface area contributed by atoms with Crippen LogP contribution in [-0.2, 0) is 10.8 Å². The summed E-state index contributed by atoms with van der Waals surface area (Å²) in [5.74, 6) is 0.651. The number of aromatic nitrogens is 2. The van der Waals surface area contributed by atoms with Crippen LogP contribution in [0.3, 0.4) is 0 Å².